The molecule has 0 aromatic rings. The molecule has 0 aromatic carbocycles. The first-order chi connectivity index (χ1) is 7.33. The Kier molecular flexibility index (Phi) is 3.91. The molecule has 2 amide bonds. The molecule has 1 aliphatic heterocycles. The summed E-state index contributed by atoms with van der Waals surface area (Å²) >= 11 is 0. The van der Waals surface area contributed by atoms with Crippen LogP contribution in [0.4, 0.5) is 4.79 Å². The number of imide groups is 1. The minimum Gasteiger partial charge on any atom is -0.443 e. The van der Waals surface area contributed by atoms with Gasteiger partial charge in [-0.2, -0.15) is 0 Å². The van der Waals surface area contributed by atoms with Crippen LogP contribution in [0, 0.1) is 0 Å². The summed E-state index contributed by atoms with van der Waals surface area (Å²) in [5, 5.41) is 0. The molecule has 0 N–H and O–H groups in total. The van der Waals surface area contributed by atoms with Crippen molar-refractivity contribution >= 4 is 12.0 Å². The van der Waals surface area contributed by atoms with Gasteiger partial charge in [0.1, 0.15) is 5.60 Å². The lowest BCUT2D eigenvalue weighted by molar-refractivity contribution is -0.136. The number of amides is 2. The normalized spacial score (nSPS) is 22.1. The van der Waals surface area contributed by atoms with Crippen molar-refractivity contribution < 1.29 is 19.1 Å². The molecule has 1 fully saturated rings. The van der Waals surface area contributed by atoms with Crippen LogP contribution in [0.3, 0.4) is 0 Å². The van der Waals surface area contributed by atoms with Crippen LogP contribution < -0.4 is 0 Å². The second-order valence-electron chi connectivity index (χ2n) is 4.88. The van der Waals surface area contributed by atoms with Crippen LogP contribution in [0.5, 0.6) is 0 Å². The first-order valence-electron chi connectivity index (χ1n) is 5.39. The molecule has 5 heteroatoms. The average Bonchev–Trinajstić information content (AvgIpc) is 2.14. The predicted molar refractivity (Wildman–Crippen MR) is 58.0 cm³/mol. The van der Waals surface area contributed by atoms with Crippen LogP contribution in [0.15, 0.2) is 0 Å². The molecule has 0 saturated carbocycles. The van der Waals surface area contributed by atoms with E-state index in [4.69, 9.17) is 9.47 Å². The Morgan fingerprint density at radius 1 is 1.44 bits per heavy atom. The van der Waals surface area contributed by atoms with Crippen LogP contribution >= 0.6 is 0 Å². The van der Waals surface area contributed by atoms with E-state index in [1.165, 1.54) is 0 Å². The van der Waals surface area contributed by atoms with Gasteiger partial charge in [-0.15, -0.1) is 0 Å². The van der Waals surface area contributed by atoms with Gasteiger partial charge in [-0.05, 0) is 27.2 Å². The molecule has 16 heavy (non-hydrogen) atoms. The van der Waals surface area contributed by atoms with E-state index >= 15 is 0 Å². The van der Waals surface area contributed by atoms with Gasteiger partial charge in [-0.25, -0.2) is 9.69 Å². The van der Waals surface area contributed by atoms with E-state index in [-0.39, 0.29) is 18.4 Å². The Balaban J connectivity index is 2.56. The molecule has 0 bridgehead atoms. The fraction of sp³-hybridized carbons (Fsp3) is 0.818. The predicted octanol–water partition coefficient (Wildman–Crippen LogP) is 1.56. The van der Waals surface area contributed by atoms with Crippen LogP contribution in [-0.4, -0.2) is 42.3 Å². The number of rotatable bonds is 1. The van der Waals surface area contributed by atoms with Crippen molar-refractivity contribution in [1.29, 1.82) is 0 Å². The molecule has 0 unspecified atom stereocenters. The Bertz CT molecular complexity index is 282. The van der Waals surface area contributed by atoms with Crippen molar-refractivity contribution in [3.8, 4) is 0 Å². The molecule has 1 heterocycles. The maximum atomic E-state index is 11.7. The summed E-state index contributed by atoms with van der Waals surface area (Å²) in [5.41, 5.74) is -0.574. The summed E-state index contributed by atoms with van der Waals surface area (Å²) in [4.78, 5) is 24.5. The Morgan fingerprint density at radius 2 is 2.06 bits per heavy atom. The Morgan fingerprint density at radius 3 is 2.50 bits per heavy atom. The number of methoxy groups -OCH3 is 1. The maximum absolute atomic E-state index is 11.7. The molecule has 5 nitrogen and oxygen atoms in total. The van der Waals surface area contributed by atoms with Gasteiger partial charge in [0.2, 0.25) is 5.91 Å². The number of carbonyl (C=O) groups excluding carboxylic acids is 2. The standard InChI is InChI=1S/C11H19NO4/c1-11(2,3)16-10(14)12-6-5-8(15-4)7-9(12)13/h8H,5-7H2,1-4H3/t8-/m0/s1. The van der Waals surface area contributed by atoms with Crippen LogP contribution in [-0.2, 0) is 14.3 Å². The lowest BCUT2D eigenvalue weighted by Crippen LogP contribution is -2.46. The van der Waals surface area contributed by atoms with Gasteiger partial charge < -0.3 is 9.47 Å². The summed E-state index contributed by atoms with van der Waals surface area (Å²) in [6, 6.07) is 0. The quantitative estimate of drug-likeness (QED) is 0.684. The van der Waals surface area contributed by atoms with E-state index in [9.17, 15) is 9.59 Å². The third-order valence-corrected chi connectivity index (χ3v) is 2.33. The van der Waals surface area contributed by atoms with Gasteiger partial charge in [-0.1, -0.05) is 0 Å². The lowest BCUT2D eigenvalue weighted by atomic mass is 10.1. The van der Waals surface area contributed by atoms with Gasteiger partial charge in [0.25, 0.3) is 0 Å². The lowest BCUT2D eigenvalue weighted by Gasteiger charge is -2.31. The fourth-order valence-corrected chi connectivity index (χ4v) is 1.52. The average molecular weight is 229 g/mol. The number of ether oxygens (including phenoxy) is 2. The highest BCUT2D eigenvalue weighted by atomic mass is 16.6. The van der Waals surface area contributed by atoms with Crippen molar-refractivity contribution in [2.75, 3.05) is 13.7 Å². The Labute approximate surface area is 95.7 Å². The van der Waals surface area contributed by atoms with Crippen LogP contribution in [0.1, 0.15) is 33.6 Å². The molecule has 1 aliphatic rings. The third-order valence-electron chi connectivity index (χ3n) is 2.33. The number of hydrogen-bond acceptors (Lipinski definition) is 4. The zero-order valence-electron chi connectivity index (χ0n) is 10.3. The zero-order chi connectivity index (χ0) is 12.3. The highest BCUT2D eigenvalue weighted by Crippen LogP contribution is 2.17. The van der Waals surface area contributed by atoms with E-state index in [2.05, 4.69) is 0 Å². The monoisotopic (exact) mass is 229 g/mol. The molecule has 0 radical (unpaired) electrons. The number of likely N-dealkylation sites (tertiary alicyclic amines) is 1. The van der Waals surface area contributed by atoms with Gasteiger partial charge >= 0.3 is 6.09 Å². The van der Waals surface area contributed by atoms with Crippen LogP contribution in [0.2, 0.25) is 0 Å². The summed E-state index contributed by atoms with van der Waals surface area (Å²) in [6.07, 6.45) is 0.273. The van der Waals surface area contributed by atoms with E-state index in [0.717, 1.165) is 4.90 Å². The van der Waals surface area contributed by atoms with Crippen molar-refractivity contribution in [2.45, 2.75) is 45.3 Å². The zero-order valence-corrected chi connectivity index (χ0v) is 10.3. The number of carbonyl (C=O) groups is 2. The molecule has 0 aliphatic carbocycles. The van der Waals surface area contributed by atoms with Gasteiger partial charge in [0, 0.05) is 13.7 Å². The van der Waals surface area contributed by atoms with Crippen molar-refractivity contribution in [3.05, 3.63) is 0 Å². The smallest absolute Gasteiger partial charge is 0.417 e. The first-order valence-corrected chi connectivity index (χ1v) is 5.39. The second kappa shape index (κ2) is 4.82. The summed E-state index contributed by atoms with van der Waals surface area (Å²) in [7, 11) is 1.57. The maximum Gasteiger partial charge on any atom is 0.417 e. The SMILES string of the molecule is CO[C@H]1CCN(C(=O)OC(C)(C)C)C(=O)C1. The largest absolute Gasteiger partial charge is 0.443 e. The highest BCUT2D eigenvalue weighted by molar-refractivity contribution is 5.92. The second-order valence-corrected chi connectivity index (χ2v) is 4.88. The topological polar surface area (TPSA) is 55.8 Å². The Hall–Kier alpha value is -1.10. The summed E-state index contributed by atoms with van der Waals surface area (Å²) < 4.78 is 10.2. The molecular weight excluding hydrogens is 210 g/mol. The molecule has 0 aromatic heterocycles. The van der Waals surface area contributed by atoms with Crippen molar-refractivity contribution in [3.63, 3.8) is 0 Å². The van der Waals surface area contributed by atoms with Crippen molar-refractivity contribution in [1.82, 2.24) is 4.90 Å². The van der Waals surface area contributed by atoms with Gasteiger partial charge in [-0.3, -0.25) is 4.79 Å². The van der Waals surface area contributed by atoms with Crippen LogP contribution in [0.25, 0.3) is 0 Å². The minimum absolute atomic E-state index is 0.0776. The van der Waals surface area contributed by atoms with E-state index in [0.29, 0.717) is 13.0 Å². The minimum atomic E-state index is -0.574. The van der Waals surface area contributed by atoms with Gasteiger partial charge in [0.05, 0.1) is 12.5 Å². The van der Waals surface area contributed by atoms with Crippen molar-refractivity contribution in [2.24, 2.45) is 0 Å². The summed E-state index contributed by atoms with van der Waals surface area (Å²) in [6.45, 7) is 5.69. The molecule has 1 atom stereocenters. The van der Waals surface area contributed by atoms with E-state index in [1.807, 2.05) is 0 Å². The summed E-state index contributed by atoms with van der Waals surface area (Å²) in [5.74, 6) is -0.229. The first kappa shape index (κ1) is 13.0. The van der Waals surface area contributed by atoms with Gasteiger partial charge in [0.15, 0.2) is 0 Å². The number of nitrogens with zero attached hydrogens (tertiary/aromatic N) is 1. The van der Waals surface area contributed by atoms with E-state index in [1.54, 1.807) is 27.9 Å². The molecular formula is C11H19NO4. The molecule has 1 rings (SSSR count). The number of hydrogen-bond donors (Lipinski definition) is 0. The third kappa shape index (κ3) is 3.48. The molecule has 0 spiro atoms. The highest BCUT2D eigenvalue weighted by Gasteiger charge is 2.32. The molecule has 92 valence electrons. The molecule has 1 saturated heterocycles. The number of piperidine rings is 1. The fourth-order valence-electron chi connectivity index (χ4n) is 1.52. The van der Waals surface area contributed by atoms with E-state index < -0.39 is 11.7 Å².